The molecular weight excluding hydrogens is 257 g/mol. The van der Waals surface area contributed by atoms with E-state index in [0.29, 0.717) is 0 Å². The zero-order valence-electron chi connectivity index (χ0n) is 11.0. The van der Waals surface area contributed by atoms with Gasteiger partial charge in [-0.15, -0.1) is 0 Å². The van der Waals surface area contributed by atoms with Gasteiger partial charge in [0.2, 0.25) is 0 Å². The standard InChI is InChI=1S/C16H18FNS/c1-2-11-18-12-13-3-7-15(8-4-13)19-16-9-5-14(17)6-10-16/h3-10,18H,2,11-12H2,1H3. The molecule has 0 fully saturated rings. The molecule has 0 atom stereocenters. The maximum Gasteiger partial charge on any atom is 0.123 e. The maximum absolute atomic E-state index is 12.8. The first-order valence-electron chi connectivity index (χ1n) is 6.51. The minimum atomic E-state index is -0.193. The maximum atomic E-state index is 12.8. The second kappa shape index (κ2) is 7.31. The third-order valence-electron chi connectivity index (χ3n) is 2.73. The van der Waals surface area contributed by atoms with Crippen LogP contribution in [0.2, 0.25) is 0 Å². The monoisotopic (exact) mass is 275 g/mol. The molecule has 0 saturated heterocycles. The SMILES string of the molecule is CCCNCc1ccc(Sc2ccc(F)cc2)cc1. The summed E-state index contributed by atoms with van der Waals surface area (Å²) in [6.07, 6.45) is 1.15. The minimum absolute atomic E-state index is 0.193. The van der Waals surface area contributed by atoms with E-state index in [-0.39, 0.29) is 5.82 Å². The van der Waals surface area contributed by atoms with Crippen LogP contribution in [0.15, 0.2) is 58.3 Å². The lowest BCUT2D eigenvalue weighted by molar-refractivity contribution is 0.626. The molecule has 19 heavy (non-hydrogen) atoms. The van der Waals surface area contributed by atoms with E-state index in [9.17, 15) is 4.39 Å². The summed E-state index contributed by atoms with van der Waals surface area (Å²) < 4.78 is 12.8. The molecule has 0 amide bonds. The van der Waals surface area contributed by atoms with Crippen molar-refractivity contribution in [1.82, 2.24) is 5.32 Å². The molecule has 0 spiro atoms. The predicted octanol–water partition coefficient (Wildman–Crippen LogP) is 4.48. The average Bonchev–Trinajstić information content (AvgIpc) is 2.44. The topological polar surface area (TPSA) is 12.0 Å². The molecule has 0 aliphatic heterocycles. The Bertz CT molecular complexity index is 493. The molecule has 0 bridgehead atoms. The minimum Gasteiger partial charge on any atom is -0.313 e. The van der Waals surface area contributed by atoms with Crippen molar-refractivity contribution in [1.29, 1.82) is 0 Å². The largest absolute Gasteiger partial charge is 0.313 e. The Kier molecular flexibility index (Phi) is 5.43. The highest BCUT2D eigenvalue weighted by atomic mass is 32.2. The van der Waals surface area contributed by atoms with Gasteiger partial charge in [0, 0.05) is 16.3 Å². The Morgan fingerprint density at radius 1 is 0.947 bits per heavy atom. The van der Waals surface area contributed by atoms with Gasteiger partial charge in [-0.2, -0.15) is 0 Å². The van der Waals surface area contributed by atoms with Gasteiger partial charge in [-0.1, -0.05) is 30.8 Å². The van der Waals surface area contributed by atoms with Crippen LogP contribution in [0.25, 0.3) is 0 Å². The zero-order valence-corrected chi connectivity index (χ0v) is 11.8. The van der Waals surface area contributed by atoms with Crippen LogP contribution in [-0.2, 0) is 6.54 Å². The van der Waals surface area contributed by atoms with Crippen molar-refractivity contribution < 1.29 is 4.39 Å². The summed E-state index contributed by atoms with van der Waals surface area (Å²) in [6.45, 7) is 4.12. The molecule has 2 aromatic rings. The lowest BCUT2D eigenvalue weighted by atomic mass is 10.2. The van der Waals surface area contributed by atoms with Gasteiger partial charge in [0.05, 0.1) is 0 Å². The highest BCUT2D eigenvalue weighted by molar-refractivity contribution is 7.99. The summed E-state index contributed by atoms with van der Waals surface area (Å²) in [5.74, 6) is -0.193. The van der Waals surface area contributed by atoms with Crippen molar-refractivity contribution >= 4 is 11.8 Å². The van der Waals surface area contributed by atoms with Gasteiger partial charge in [0.15, 0.2) is 0 Å². The van der Waals surface area contributed by atoms with E-state index in [4.69, 9.17) is 0 Å². The van der Waals surface area contributed by atoms with Gasteiger partial charge in [-0.05, 0) is 54.9 Å². The predicted molar refractivity (Wildman–Crippen MR) is 79.0 cm³/mol. The fraction of sp³-hybridized carbons (Fsp3) is 0.250. The van der Waals surface area contributed by atoms with Crippen molar-refractivity contribution in [3.63, 3.8) is 0 Å². The van der Waals surface area contributed by atoms with Crippen molar-refractivity contribution in [2.45, 2.75) is 29.7 Å². The van der Waals surface area contributed by atoms with E-state index >= 15 is 0 Å². The highest BCUT2D eigenvalue weighted by Crippen LogP contribution is 2.27. The lowest BCUT2D eigenvalue weighted by Crippen LogP contribution is -2.13. The fourth-order valence-corrected chi connectivity index (χ4v) is 2.54. The summed E-state index contributed by atoms with van der Waals surface area (Å²) in [5.41, 5.74) is 1.29. The van der Waals surface area contributed by atoms with E-state index in [2.05, 4.69) is 36.5 Å². The quantitative estimate of drug-likeness (QED) is 0.780. The third kappa shape index (κ3) is 4.69. The van der Waals surface area contributed by atoms with Crippen LogP contribution in [0.4, 0.5) is 4.39 Å². The molecule has 2 aromatic carbocycles. The molecule has 100 valence electrons. The highest BCUT2D eigenvalue weighted by Gasteiger charge is 1.98. The van der Waals surface area contributed by atoms with E-state index in [0.717, 1.165) is 24.4 Å². The van der Waals surface area contributed by atoms with Crippen molar-refractivity contribution in [2.24, 2.45) is 0 Å². The van der Waals surface area contributed by atoms with Gasteiger partial charge < -0.3 is 5.32 Å². The van der Waals surface area contributed by atoms with Gasteiger partial charge in [0.25, 0.3) is 0 Å². The van der Waals surface area contributed by atoms with Crippen LogP contribution in [0.1, 0.15) is 18.9 Å². The summed E-state index contributed by atoms with van der Waals surface area (Å²) in [4.78, 5) is 2.23. The van der Waals surface area contributed by atoms with Crippen LogP contribution in [0, 0.1) is 5.82 Å². The molecule has 0 aromatic heterocycles. The van der Waals surface area contributed by atoms with Crippen molar-refractivity contribution in [3.05, 3.63) is 59.9 Å². The van der Waals surface area contributed by atoms with Gasteiger partial charge in [-0.25, -0.2) is 4.39 Å². The first-order chi connectivity index (χ1) is 9.28. The molecule has 1 N–H and O–H groups in total. The van der Waals surface area contributed by atoms with Gasteiger partial charge in [-0.3, -0.25) is 0 Å². The summed E-state index contributed by atoms with van der Waals surface area (Å²) in [5, 5.41) is 3.38. The number of halogens is 1. The summed E-state index contributed by atoms with van der Waals surface area (Å²) in [7, 11) is 0. The Morgan fingerprint density at radius 3 is 2.11 bits per heavy atom. The molecular formula is C16H18FNS. The molecule has 3 heteroatoms. The molecule has 0 heterocycles. The van der Waals surface area contributed by atoms with Crippen LogP contribution < -0.4 is 5.32 Å². The average molecular weight is 275 g/mol. The molecule has 2 rings (SSSR count). The Balaban J connectivity index is 1.92. The second-order valence-electron chi connectivity index (χ2n) is 4.38. The van der Waals surface area contributed by atoms with E-state index in [1.807, 2.05) is 0 Å². The molecule has 0 radical (unpaired) electrons. The molecule has 0 aliphatic carbocycles. The number of hydrogen-bond acceptors (Lipinski definition) is 2. The second-order valence-corrected chi connectivity index (χ2v) is 5.52. The Labute approximate surface area is 118 Å². The number of benzene rings is 2. The fourth-order valence-electron chi connectivity index (χ4n) is 1.72. The normalized spacial score (nSPS) is 10.6. The van der Waals surface area contributed by atoms with E-state index in [1.165, 1.54) is 22.6 Å². The lowest BCUT2D eigenvalue weighted by Gasteiger charge is -2.05. The first kappa shape index (κ1) is 14.1. The zero-order chi connectivity index (χ0) is 13.5. The number of rotatable bonds is 6. The van der Waals surface area contributed by atoms with Crippen LogP contribution >= 0.6 is 11.8 Å². The third-order valence-corrected chi connectivity index (χ3v) is 3.74. The van der Waals surface area contributed by atoms with Crippen molar-refractivity contribution in [3.8, 4) is 0 Å². The molecule has 0 aliphatic rings. The smallest absolute Gasteiger partial charge is 0.123 e. The van der Waals surface area contributed by atoms with Crippen LogP contribution in [-0.4, -0.2) is 6.54 Å². The van der Waals surface area contributed by atoms with E-state index in [1.54, 1.807) is 23.9 Å². The summed E-state index contributed by atoms with van der Waals surface area (Å²) >= 11 is 1.65. The number of hydrogen-bond donors (Lipinski definition) is 1. The van der Waals surface area contributed by atoms with Crippen molar-refractivity contribution in [2.75, 3.05) is 6.54 Å². The van der Waals surface area contributed by atoms with Gasteiger partial charge >= 0.3 is 0 Å². The molecule has 1 nitrogen and oxygen atoms in total. The Morgan fingerprint density at radius 2 is 1.53 bits per heavy atom. The number of nitrogens with one attached hydrogen (secondary N) is 1. The Hall–Kier alpha value is -1.32. The summed E-state index contributed by atoms with van der Waals surface area (Å²) in [6, 6.07) is 15.1. The van der Waals surface area contributed by atoms with E-state index < -0.39 is 0 Å². The first-order valence-corrected chi connectivity index (χ1v) is 7.32. The van der Waals surface area contributed by atoms with Crippen LogP contribution in [0.5, 0.6) is 0 Å². The van der Waals surface area contributed by atoms with Crippen LogP contribution in [0.3, 0.4) is 0 Å². The molecule has 0 unspecified atom stereocenters. The molecule has 0 saturated carbocycles. The van der Waals surface area contributed by atoms with Gasteiger partial charge in [0.1, 0.15) is 5.82 Å².